The number of piperidine rings is 1. The first-order valence-corrected chi connectivity index (χ1v) is 8.40. The molecule has 1 aromatic heterocycles. The Morgan fingerprint density at radius 1 is 1.44 bits per heavy atom. The van der Waals surface area contributed by atoms with Crippen LogP contribution in [0.5, 0.6) is 5.88 Å². The van der Waals surface area contributed by atoms with Gasteiger partial charge in [-0.25, -0.2) is 9.97 Å². The van der Waals surface area contributed by atoms with E-state index in [9.17, 15) is 9.59 Å². The summed E-state index contributed by atoms with van der Waals surface area (Å²) in [4.78, 5) is 35.1. The van der Waals surface area contributed by atoms with Crippen LogP contribution >= 0.6 is 0 Å². The standard InChI is InChI=1S/C17H25N5O3/c1-4-16(23)21(3)11-17(24)22-8-6-13(7-9-22)20-14-10-15(25-5-2)19-12-18-14/h4,10,12-13H,1,5-9,11H2,2-3H3,(H,18,19,20). The molecule has 1 aromatic rings. The fraction of sp³-hybridized carbons (Fsp3) is 0.529. The van der Waals surface area contributed by atoms with Gasteiger partial charge in [0.2, 0.25) is 17.7 Å². The summed E-state index contributed by atoms with van der Waals surface area (Å²) in [6.45, 7) is 7.26. The SMILES string of the molecule is C=CC(=O)N(C)CC(=O)N1CCC(Nc2cc(OCC)ncn2)CC1. The van der Waals surface area contributed by atoms with Gasteiger partial charge in [-0.2, -0.15) is 0 Å². The third-order valence-corrected chi connectivity index (χ3v) is 4.06. The molecule has 0 saturated carbocycles. The molecule has 136 valence electrons. The molecule has 2 heterocycles. The molecule has 1 fully saturated rings. The molecule has 25 heavy (non-hydrogen) atoms. The molecule has 0 radical (unpaired) electrons. The van der Waals surface area contributed by atoms with E-state index in [0.29, 0.717) is 25.6 Å². The normalized spacial score (nSPS) is 14.7. The van der Waals surface area contributed by atoms with E-state index < -0.39 is 0 Å². The maximum absolute atomic E-state index is 12.3. The van der Waals surface area contributed by atoms with Gasteiger partial charge in [0.25, 0.3) is 0 Å². The average molecular weight is 347 g/mol. The maximum atomic E-state index is 12.3. The van der Waals surface area contributed by atoms with Crippen LogP contribution in [0.25, 0.3) is 0 Å². The van der Waals surface area contributed by atoms with Crippen LogP contribution in [-0.4, -0.2) is 70.9 Å². The first-order valence-electron chi connectivity index (χ1n) is 8.40. The van der Waals surface area contributed by atoms with E-state index in [1.54, 1.807) is 18.0 Å². The monoisotopic (exact) mass is 347 g/mol. The molecule has 1 N–H and O–H groups in total. The molecule has 0 spiro atoms. The number of carbonyl (C=O) groups is 2. The summed E-state index contributed by atoms with van der Waals surface area (Å²) in [6, 6.07) is 2.01. The van der Waals surface area contributed by atoms with Crippen LogP contribution in [0.15, 0.2) is 25.0 Å². The second-order valence-corrected chi connectivity index (χ2v) is 5.87. The van der Waals surface area contributed by atoms with Crippen LogP contribution in [0.1, 0.15) is 19.8 Å². The van der Waals surface area contributed by atoms with Gasteiger partial charge >= 0.3 is 0 Å². The van der Waals surface area contributed by atoms with Gasteiger partial charge in [-0.05, 0) is 25.8 Å². The molecule has 8 nitrogen and oxygen atoms in total. The quantitative estimate of drug-likeness (QED) is 0.738. The topological polar surface area (TPSA) is 87.7 Å². The largest absolute Gasteiger partial charge is 0.478 e. The zero-order valence-electron chi connectivity index (χ0n) is 14.8. The minimum Gasteiger partial charge on any atom is -0.478 e. The van der Waals surface area contributed by atoms with Crippen molar-refractivity contribution in [3.8, 4) is 5.88 Å². The number of likely N-dealkylation sites (tertiary alicyclic amines) is 1. The first-order chi connectivity index (χ1) is 12.0. The fourth-order valence-electron chi connectivity index (χ4n) is 2.66. The van der Waals surface area contributed by atoms with Gasteiger partial charge in [-0.1, -0.05) is 6.58 Å². The zero-order chi connectivity index (χ0) is 18.2. The second-order valence-electron chi connectivity index (χ2n) is 5.87. The van der Waals surface area contributed by atoms with Gasteiger partial charge in [0.15, 0.2) is 0 Å². The summed E-state index contributed by atoms with van der Waals surface area (Å²) in [5.74, 6) is 0.970. The summed E-state index contributed by atoms with van der Waals surface area (Å²) < 4.78 is 5.37. The lowest BCUT2D eigenvalue weighted by Gasteiger charge is -2.33. The fourth-order valence-corrected chi connectivity index (χ4v) is 2.66. The van der Waals surface area contributed by atoms with Gasteiger partial charge in [0.05, 0.1) is 13.2 Å². The summed E-state index contributed by atoms with van der Waals surface area (Å²) in [6.07, 6.45) is 4.32. The molecule has 2 amide bonds. The highest BCUT2D eigenvalue weighted by Crippen LogP contribution is 2.17. The Labute approximate surface area is 147 Å². The Morgan fingerprint density at radius 2 is 2.16 bits per heavy atom. The molecule has 1 aliphatic heterocycles. The number of nitrogens with zero attached hydrogens (tertiary/aromatic N) is 4. The van der Waals surface area contributed by atoms with E-state index in [2.05, 4.69) is 21.9 Å². The van der Waals surface area contributed by atoms with Crippen LogP contribution in [0.4, 0.5) is 5.82 Å². The van der Waals surface area contributed by atoms with Crippen molar-refractivity contribution in [3.05, 3.63) is 25.0 Å². The zero-order valence-corrected chi connectivity index (χ0v) is 14.8. The number of carbonyl (C=O) groups excluding carboxylic acids is 2. The number of nitrogens with one attached hydrogen (secondary N) is 1. The summed E-state index contributed by atoms with van der Waals surface area (Å²) in [5, 5.41) is 3.36. The van der Waals surface area contributed by atoms with Gasteiger partial charge in [-0.3, -0.25) is 9.59 Å². The maximum Gasteiger partial charge on any atom is 0.246 e. The summed E-state index contributed by atoms with van der Waals surface area (Å²) >= 11 is 0. The molecule has 0 aromatic carbocycles. The highest BCUT2D eigenvalue weighted by molar-refractivity contribution is 5.90. The smallest absolute Gasteiger partial charge is 0.246 e. The minimum absolute atomic E-state index is 0.0446. The number of likely N-dealkylation sites (N-methyl/N-ethyl adjacent to an activating group) is 1. The van der Waals surface area contributed by atoms with Crippen molar-refractivity contribution in [1.82, 2.24) is 19.8 Å². The Morgan fingerprint density at radius 3 is 2.80 bits per heavy atom. The number of aromatic nitrogens is 2. The first kappa shape index (κ1) is 18.7. The lowest BCUT2D eigenvalue weighted by atomic mass is 10.0. The number of hydrogen-bond donors (Lipinski definition) is 1. The van der Waals surface area contributed by atoms with Gasteiger partial charge in [-0.15, -0.1) is 0 Å². The van der Waals surface area contributed by atoms with Gasteiger partial charge in [0.1, 0.15) is 12.1 Å². The molecule has 0 bridgehead atoms. The summed E-state index contributed by atoms with van der Waals surface area (Å²) in [5.41, 5.74) is 0. The van der Waals surface area contributed by atoms with E-state index in [1.165, 1.54) is 17.3 Å². The molecular weight excluding hydrogens is 322 g/mol. The van der Waals surface area contributed by atoms with Crippen LogP contribution in [0, 0.1) is 0 Å². The Hall–Kier alpha value is -2.64. The van der Waals surface area contributed by atoms with Crippen molar-refractivity contribution in [1.29, 1.82) is 0 Å². The van der Waals surface area contributed by atoms with E-state index in [4.69, 9.17) is 4.74 Å². The van der Waals surface area contributed by atoms with Crippen molar-refractivity contribution in [2.45, 2.75) is 25.8 Å². The average Bonchev–Trinajstić information content (AvgIpc) is 2.62. The number of hydrogen-bond acceptors (Lipinski definition) is 6. The Bertz CT molecular complexity index is 614. The van der Waals surface area contributed by atoms with E-state index in [1.807, 2.05) is 6.92 Å². The molecule has 1 saturated heterocycles. The molecule has 2 rings (SSSR count). The van der Waals surface area contributed by atoms with E-state index in [-0.39, 0.29) is 24.4 Å². The van der Waals surface area contributed by atoms with Crippen molar-refractivity contribution >= 4 is 17.6 Å². The third-order valence-electron chi connectivity index (χ3n) is 4.06. The van der Waals surface area contributed by atoms with Crippen molar-refractivity contribution < 1.29 is 14.3 Å². The van der Waals surface area contributed by atoms with Crippen molar-refractivity contribution in [2.24, 2.45) is 0 Å². The Kier molecular flexibility index (Phi) is 6.73. The van der Waals surface area contributed by atoms with Crippen LogP contribution < -0.4 is 10.1 Å². The Balaban J connectivity index is 1.81. The number of ether oxygens (including phenoxy) is 1. The molecule has 1 aliphatic rings. The van der Waals surface area contributed by atoms with E-state index in [0.717, 1.165) is 18.7 Å². The number of anilines is 1. The number of rotatable bonds is 7. The highest BCUT2D eigenvalue weighted by Gasteiger charge is 2.24. The molecule has 0 atom stereocenters. The predicted octanol–water partition coefficient (Wildman–Crippen LogP) is 0.923. The van der Waals surface area contributed by atoms with Crippen LogP contribution in [0.2, 0.25) is 0 Å². The highest BCUT2D eigenvalue weighted by atomic mass is 16.5. The van der Waals surface area contributed by atoms with Crippen molar-refractivity contribution in [3.63, 3.8) is 0 Å². The summed E-state index contributed by atoms with van der Waals surface area (Å²) in [7, 11) is 1.60. The van der Waals surface area contributed by atoms with Crippen LogP contribution in [-0.2, 0) is 9.59 Å². The molecule has 8 heteroatoms. The predicted molar refractivity (Wildman–Crippen MR) is 94.3 cm³/mol. The lowest BCUT2D eigenvalue weighted by molar-refractivity contribution is -0.137. The minimum atomic E-state index is -0.251. The molecule has 0 aliphatic carbocycles. The third kappa shape index (κ3) is 5.44. The second kappa shape index (κ2) is 9.00. The lowest BCUT2D eigenvalue weighted by Crippen LogP contribution is -2.46. The molecule has 0 unspecified atom stereocenters. The van der Waals surface area contributed by atoms with E-state index >= 15 is 0 Å². The van der Waals surface area contributed by atoms with Gasteiger partial charge in [0, 0.05) is 32.2 Å². The van der Waals surface area contributed by atoms with Crippen molar-refractivity contribution in [2.75, 3.05) is 38.6 Å². The van der Waals surface area contributed by atoms with Crippen LogP contribution in [0.3, 0.4) is 0 Å². The van der Waals surface area contributed by atoms with Gasteiger partial charge < -0.3 is 19.9 Å². The molecular formula is C17H25N5O3. The number of amides is 2.